The van der Waals surface area contributed by atoms with Crippen LogP contribution < -0.4 is 21.1 Å². The van der Waals surface area contributed by atoms with Crippen LogP contribution in [0, 0.1) is 0 Å². The Bertz CT molecular complexity index is 1370. The van der Waals surface area contributed by atoms with Crippen LogP contribution >= 0.6 is 22.9 Å². The molecule has 0 fully saturated rings. The standard InChI is InChI=1S/C26H25ClN4O4S/c1-34-11-3-10-29-26(33)21-13-30-24(28)22-17(15-36-23(21)22)14-35-20-5-2-4-19(12-20)31-25(32)16-6-8-18(27)9-7-16/h2,4-9,12-13,15H,3,10-11,14H2,1H3,(H2,28,30)(H,29,33)(H,31,32). The number of rotatable bonds is 10. The van der Waals surface area contributed by atoms with Gasteiger partial charge in [-0.3, -0.25) is 9.59 Å². The summed E-state index contributed by atoms with van der Waals surface area (Å²) in [4.78, 5) is 29.4. The Labute approximate surface area is 217 Å². The van der Waals surface area contributed by atoms with Crippen molar-refractivity contribution in [1.82, 2.24) is 10.3 Å². The number of amides is 2. The largest absolute Gasteiger partial charge is 0.489 e. The monoisotopic (exact) mass is 524 g/mol. The van der Waals surface area contributed by atoms with Crippen molar-refractivity contribution in [3.05, 3.63) is 81.8 Å². The lowest BCUT2D eigenvalue weighted by atomic mass is 10.1. The molecule has 0 atom stereocenters. The van der Waals surface area contributed by atoms with Crippen molar-refractivity contribution < 1.29 is 19.1 Å². The second-order valence-electron chi connectivity index (χ2n) is 7.90. The van der Waals surface area contributed by atoms with Crippen molar-refractivity contribution in [2.24, 2.45) is 0 Å². The zero-order valence-corrected chi connectivity index (χ0v) is 21.1. The molecule has 0 saturated heterocycles. The average molecular weight is 525 g/mol. The van der Waals surface area contributed by atoms with Gasteiger partial charge in [0.2, 0.25) is 0 Å². The third-order valence-electron chi connectivity index (χ3n) is 5.35. The number of nitrogen functional groups attached to an aromatic ring is 1. The van der Waals surface area contributed by atoms with E-state index >= 15 is 0 Å². The average Bonchev–Trinajstić information content (AvgIpc) is 3.31. The van der Waals surface area contributed by atoms with Gasteiger partial charge in [0.15, 0.2) is 0 Å². The van der Waals surface area contributed by atoms with Gasteiger partial charge in [-0.05, 0) is 48.2 Å². The van der Waals surface area contributed by atoms with E-state index in [1.807, 2.05) is 5.38 Å². The summed E-state index contributed by atoms with van der Waals surface area (Å²) >= 11 is 7.31. The van der Waals surface area contributed by atoms with Crippen LogP contribution in [-0.2, 0) is 11.3 Å². The fourth-order valence-electron chi connectivity index (χ4n) is 3.54. The van der Waals surface area contributed by atoms with Crippen LogP contribution in [0.3, 0.4) is 0 Å². The Morgan fingerprint density at radius 2 is 1.94 bits per heavy atom. The highest BCUT2D eigenvalue weighted by molar-refractivity contribution is 7.17. The molecule has 2 heterocycles. The van der Waals surface area contributed by atoms with E-state index in [0.717, 1.165) is 16.7 Å². The number of benzene rings is 2. The first-order chi connectivity index (χ1) is 17.5. The van der Waals surface area contributed by atoms with Crippen LogP contribution in [0.2, 0.25) is 5.02 Å². The number of carbonyl (C=O) groups excluding carboxylic acids is 2. The lowest BCUT2D eigenvalue weighted by Crippen LogP contribution is -2.25. The van der Waals surface area contributed by atoms with Gasteiger partial charge in [0.25, 0.3) is 11.8 Å². The Hall–Kier alpha value is -3.66. The maximum absolute atomic E-state index is 12.7. The van der Waals surface area contributed by atoms with Gasteiger partial charge < -0.3 is 25.8 Å². The number of hydrogen-bond acceptors (Lipinski definition) is 7. The van der Waals surface area contributed by atoms with E-state index < -0.39 is 0 Å². The minimum Gasteiger partial charge on any atom is -0.489 e. The molecule has 0 aliphatic carbocycles. The van der Waals surface area contributed by atoms with Gasteiger partial charge in [0.05, 0.1) is 10.3 Å². The summed E-state index contributed by atoms with van der Waals surface area (Å²) in [5.74, 6) is 0.452. The van der Waals surface area contributed by atoms with Crippen molar-refractivity contribution in [1.29, 1.82) is 0 Å². The summed E-state index contributed by atoms with van der Waals surface area (Å²) in [6.07, 6.45) is 2.22. The summed E-state index contributed by atoms with van der Waals surface area (Å²) in [5.41, 5.74) is 8.55. The molecular formula is C26H25ClN4O4S. The van der Waals surface area contributed by atoms with Crippen LogP contribution in [0.4, 0.5) is 11.5 Å². The lowest BCUT2D eigenvalue weighted by molar-refractivity contribution is 0.0949. The Kier molecular flexibility index (Phi) is 8.37. The number of nitrogens with two attached hydrogens (primary N) is 1. The molecule has 4 N–H and O–H groups in total. The fraction of sp³-hybridized carbons (Fsp3) is 0.192. The zero-order valence-electron chi connectivity index (χ0n) is 19.5. The molecule has 4 aromatic rings. The number of nitrogens with one attached hydrogen (secondary N) is 2. The molecule has 0 aliphatic heterocycles. The first-order valence-electron chi connectivity index (χ1n) is 11.2. The summed E-state index contributed by atoms with van der Waals surface area (Å²) in [5, 5.41) is 8.92. The number of pyridine rings is 1. The van der Waals surface area contributed by atoms with Crippen LogP contribution in [0.5, 0.6) is 5.75 Å². The highest BCUT2D eigenvalue weighted by Gasteiger charge is 2.17. The number of hydrogen-bond donors (Lipinski definition) is 3. The molecule has 10 heteroatoms. The van der Waals surface area contributed by atoms with E-state index in [0.29, 0.717) is 51.9 Å². The molecule has 0 aliphatic rings. The molecular weight excluding hydrogens is 500 g/mol. The molecule has 0 unspecified atom stereocenters. The number of nitrogens with zero attached hydrogens (tertiary/aromatic N) is 1. The summed E-state index contributed by atoms with van der Waals surface area (Å²) < 4.78 is 11.8. The SMILES string of the molecule is COCCCNC(=O)c1cnc(N)c2c(COc3cccc(NC(=O)c4ccc(Cl)cc4)c3)csc12. The number of aromatic nitrogens is 1. The number of anilines is 2. The van der Waals surface area contributed by atoms with Gasteiger partial charge in [-0.15, -0.1) is 11.3 Å². The van der Waals surface area contributed by atoms with Crippen molar-refractivity contribution in [3.8, 4) is 5.75 Å². The van der Waals surface area contributed by atoms with Crippen molar-refractivity contribution >= 4 is 56.3 Å². The normalized spacial score (nSPS) is 10.8. The molecule has 8 nitrogen and oxygen atoms in total. The Balaban J connectivity index is 1.45. The molecule has 2 aromatic heterocycles. The van der Waals surface area contributed by atoms with Crippen molar-refractivity contribution in [2.45, 2.75) is 13.0 Å². The molecule has 0 bridgehead atoms. The number of halogens is 1. The summed E-state index contributed by atoms with van der Waals surface area (Å²) in [6, 6.07) is 13.8. The highest BCUT2D eigenvalue weighted by Crippen LogP contribution is 2.33. The van der Waals surface area contributed by atoms with Crippen molar-refractivity contribution in [3.63, 3.8) is 0 Å². The van der Waals surface area contributed by atoms with Crippen LogP contribution in [-0.4, -0.2) is 37.1 Å². The van der Waals surface area contributed by atoms with Gasteiger partial charge >= 0.3 is 0 Å². The van der Waals surface area contributed by atoms with E-state index in [4.69, 9.17) is 26.8 Å². The van der Waals surface area contributed by atoms with E-state index in [9.17, 15) is 9.59 Å². The van der Waals surface area contributed by atoms with Gasteiger partial charge in [-0.1, -0.05) is 17.7 Å². The second-order valence-corrected chi connectivity index (χ2v) is 9.22. The van der Waals surface area contributed by atoms with Gasteiger partial charge in [-0.25, -0.2) is 4.98 Å². The number of carbonyl (C=O) groups is 2. The smallest absolute Gasteiger partial charge is 0.255 e. The molecule has 2 aromatic carbocycles. The quantitative estimate of drug-likeness (QED) is 0.248. The topological polar surface area (TPSA) is 116 Å². The molecule has 36 heavy (non-hydrogen) atoms. The zero-order chi connectivity index (χ0) is 25.5. The van der Waals surface area contributed by atoms with Crippen molar-refractivity contribution in [2.75, 3.05) is 31.3 Å². The molecule has 186 valence electrons. The molecule has 0 radical (unpaired) electrons. The minimum absolute atomic E-state index is 0.206. The van der Waals surface area contributed by atoms with Crippen LogP contribution in [0.25, 0.3) is 10.1 Å². The third-order valence-corrected chi connectivity index (χ3v) is 6.66. The predicted octanol–water partition coefficient (Wildman–Crippen LogP) is 5.13. The fourth-order valence-corrected chi connectivity index (χ4v) is 4.74. The molecule has 0 saturated carbocycles. The second kappa shape index (κ2) is 11.9. The Morgan fingerprint density at radius 1 is 1.14 bits per heavy atom. The Morgan fingerprint density at radius 3 is 2.72 bits per heavy atom. The van der Waals surface area contributed by atoms with E-state index in [1.165, 1.54) is 17.5 Å². The minimum atomic E-state index is -0.250. The summed E-state index contributed by atoms with van der Waals surface area (Å²) in [7, 11) is 1.62. The number of ether oxygens (including phenoxy) is 2. The van der Waals surface area contributed by atoms with Crippen LogP contribution in [0.1, 0.15) is 32.7 Å². The van der Waals surface area contributed by atoms with E-state index in [-0.39, 0.29) is 18.4 Å². The third kappa shape index (κ3) is 6.12. The number of fused-ring (bicyclic) bond motifs is 1. The molecule has 4 rings (SSSR count). The maximum atomic E-state index is 12.7. The summed E-state index contributed by atoms with van der Waals surface area (Å²) in [6.45, 7) is 1.30. The first kappa shape index (κ1) is 25.4. The molecule has 0 spiro atoms. The van der Waals surface area contributed by atoms with E-state index in [2.05, 4.69) is 15.6 Å². The van der Waals surface area contributed by atoms with Gasteiger partial charge in [-0.2, -0.15) is 0 Å². The first-order valence-corrected chi connectivity index (χ1v) is 12.4. The number of methoxy groups -OCH3 is 1. The highest BCUT2D eigenvalue weighted by atomic mass is 35.5. The number of thiophene rings is 1. The molecule has 2 amide bonds. The van der Waals surface area contributed by atoms with Crippen LogP contribution in [0.15, 0.2) is 60.1 Å². The lowest BCUT2D eigenvalue weighted by Gasteiger charge is -2.10. The van der Waals surface area contributed by atoms with Gasteiger partial charge in [0, 0.05) is 59.7 Å². The van der Waals surface area contributed by atoms with Gasteiger partial charge in [0.1, 0.15) is 18.2 Å². The predicted molar refractivity (Wildman–Crippen MR) is 143 cm³/mol. The van der Waals surface area contributed by atoms with E-state index in [1.54, 1.807) is 55.6 Å². The maximum Gasteiger partial charge on any atom is 0.255 e.